The number of hydrogen-bond acceptors (Lipinski definition) is 2. The van der Waals surface area contributed by atoms with E-state index in [-0.39, 0.29) is 5.54 Å². The minimum absolute atomic E-state index is 0.151. The number of benzene rings is 1. The first-order valence-electron chi connectivity index (χ1n) is 7.38. The molecule has 3 heteroatoms. The molecule has 1 aromatic carbocycles. The summed E-state index contributed by atoms with van der Waals surface area (Å²) in [6.07, 6.45) is 1.09. The highest BCUT2D eigenvalue weighted by Crippen LogP contribution is 2.27. The van der Waals surface area contributed by atoms with Crippen molar-refractivity contribution < 1.29 is 0 Å². The minimum atomic E-state index is 0.151. The van der Waals surface area contributed by atoms with E-state index in [2.05, 4.69) is 84.7 Å². The van der Waals surface area contributed by atoms with Crippen LogP contribution in [0.5, 0.6) is 0 Å². The fourth-order valence-electron chi connectivity index (χ4n) is 2.37. The molecule has 2 rings (SSSR count). The summed E-state index contributed by atoms with van der Waals surface area (Å²) < 4.78 is 1.19. The predicted octanol–water partition coefficient (Wildman–Crippen LogP) is 5.53. The largest absolute Gasteiger partial charge is 0.311 e. The van der Waals surface area contributed by atoms with Crippen molar-refractivity contribution in [2.24, 2.45) is 0 Å². The van der Waals surface area contributed by atoms with Gasteiger partial charge >= 0.3 is 0 Å². The summed E-state index contributed by atoms with van der Waals surface area (Å²) in [4.78, 5) is 1.43. The first kappa shape index (κ1) is 16.7. The Morgan fingerprint density at radius 1 is 1.24 bits per heavy atom. The van der Waals surface area contributed by atoms with Gasteiger partial charge in [-0.2, -0.15) is 0 Å². The summed E-state index contributed by atoms with van der Waals surface area (Å²) in [7, 11) is 0. The molecule has 0 fully saturated rings. The highest BCUT2D eigenvalue weighted by Gasteiger charge is 2.17. The standard InChI is InChI=1S/C18H24BrNS/c1-13-6-5-7-14(8-13)15(11-20-18(2,3)4)9-17-10-16(19)12-21-17/h5-8,10,12,15,20H,9,11H2,1-4H3. The third-order valence-corrected chi connectivity index (χ3v) is 5.18. The maximum atomic E-state index is 3.66. The highest BCUT2D eigenvalue weighted by atomic mass is 79.9. The highest BCUT2D eigenvalue weighted by molar-refractivity contribution is 9.10. The van der Waals surface area contributed by atoms with Crippen molar-refractivity contribution in [1.29, 1.82) is 0 Å². The third-order valence-electron chi connectivity index (χ3n) is 3.46. The predicted molar refractivity (Wildman–Crippen MR) is 97.4 cm³/mol. The molecule has 1 aromatic heterocycles. The zero-order chi connectivity index (χ0) is 15.5. The van der Waals surface area contributed by atoms with Crippen LogP contribution in [0.1, 0.15) is 42.7 Å². The summed E-state index contributed by atoms with van der Waals surface area (Å²) in [6, 6.07) is 11.1. The molecular formula is C18H24BrNS. The van der Waals surface area contributed by atoms with E-state index in [1.807, 2.05) is 11.3 Å². The maximum Gasteiger partial charge on any atom is 0.0285 e. The number of aryl methyl sites for hydroxylation is 1. The molecule has 0 amide bonds. The second kappa shape index (κ2) is 7.08. The first-order chi connectivity index (χ1) is 9.83. The van der Waals surface area contributed by atoms with Gasteiger partial charge in [-0.15, -0.1) is 11.3 Å². The van der Waals surface area contributed by atoms with Gasteiger partial charge in [0.05, 0.1) is 0 Å². The molecule has 0 radical (unpaired) electrons. The van der Waals surface area contributed by atoms with Gasteiger partial charge in [0.2, 0.25) is 0 Å². The molecule has 1 heterocycles. The van der Waals surface area contributed by atoms with E-state index in [1.165, 1.54) is 20.5 Å². The molecule has 21 heavy (non-hydrogen) atoms. The van der Waals surface area contributed by atoms with Crippen LogP contribution in [0.25, 0.3) is 0 Å². The second-order valence-corrected chi connectivity index (χ2v) is 8.59. The summed E-state index contributed by atoms with van der Waals surface area (Å²) >= 11 is 5.39. The fourth-order valence-corrected chi connectivity index (χ4v) is 3.90. The molecule has 1 atom stereocenters. The Hall–Kier alpha value is -0.640. The zero-order valence-electron chi connectivity index (χ0n) is 13.2. The number of thiophene rings is 1. The van der Waals surface area contributed by atoms with Gasteiger partial charge in [0.15, 0.2) is 0 Å². The topological polar surface area (TPSA) is 12.0 Å². The molecule has 0 spiro atoms. The molecule has 0 aliphatic heterocycles. The number of hydrogen-bond donors (Lipinski definition) is 1. The van der Waals surface area contributed by atoms with Gasteiger partial charge in [0, 0.05) is 32.7 Å². The van der Waals surface area contributed by atoms with E-state index in [0.29, 0.717) is 5.92 Å². The van der Waals surface area contributed by atoms with Crippen molar-refractivity contribution in [1.82, 2.24) is 5.32 Å². The molecular weight excluding hydrogens is 342 g/mol. The van der Waals surface area contributed by atoms with Crippen LogP contribution >= 0.6 is 27.3 Å². The van der Waals surface area contributed by atoms with Crippen molar-refractivity contribution in [2.75, 3.05) is 6.54 Å². The summed E-state index contributed by atoms with van der Waals surface area (Å²) in [5, 5.41) is 5.83. The quantitative estimate of drug-likeness (QED) is 0.733. The van der Waals surface area contributed by atoms with Crippen LogP contribution in [0.2, 0.25) is 0 Å². The lowest BCUT2D eigenvalue weighted by atomic mass is 9.92. The van der Waals surface area contributed by atoms with Gasteiger partial charge in [-0.3, -0.25) is 0 Å². The monoisotopic (exact) mass is 365 g/mol. The Balaban J connectivity index is 2.17. The van der Waals surface area contributed by atoms with Crippen molar-refractivity contribution >= 4 is 27.3 Å². The lowest BCUT2D eigenvalue weighted by Crippen LogP contribution is -2.39. The van der Waals surface area contributed by atoms with Crippen LogP contribution in [-0.2, 0) is 6.42 Å². The first-order valence-corrected chi connectivity index (χ1v) is 9.05. The summed E-state index contributed by atoms with van der Waals surface area (Å²) in [5.74, 6) is 0.509. The van der Waals surface area contributed by atoms with Gasteiger partial charge in [-0.05, 0) is 61.7 Å². The Kier molecular flexibility index (Phi) is 5.64. The van der Waals surface area contributed by atoms with Crippen LogP contribution in [0.4, 0.5) is 0 Å². The van der Waals surface area contributed by atoms with E-state index in [9.17, 15) is 0 Å². The second-order valence-electron chi connectivity index (χ2n) is 6.68. The Morgan fingerprint density at radius 2 is 2.00 bits per heavy atom. The number of rotatable bonds is 5. The van der Waals surface area contributed by atoms with E-state index in [4.69, 9.17) is 0 Å². The van der Waals surface area contributed by atoms with Crippen molar-refractivity contribution in [2.45, 2.75) is 45.6 Å². The van der Waals surface area contributed by atoms with Gasteiger partial charge in [0.25, 0.3) is 0 Å². The van der Waals surface area contributed by atoms with E-state index >= 15 is 0 Å². The van der Waals surface area contributed by atoms with Crippen LogP contribution in [-0.4, -0.2) is 12.1 Å². The SMILES string of the molecule is Cc1cccc(C(CNC(C)(C)C)Cc2cc(Br)cs2)c1. The molecule has 0 aliphatic rings. The fraction of sp³-hybridized carbons (Fsp3) is 0.444. The molecule has 2 aromatic rings. The van der Waals surface area contributed by atoms with E-state index < -0.39 is 0 Å². The van der Waals surface area contributed by atoms with Gasteiger partial charge in [0.1, 0.15) is 0 Å². The summed E-state index contributed by atoms with van der Waals surface area (Å²) in [6.45, 7) is 9.84. The van der Waals surface area contributed by atoms with Crippen molar-refractivity contribution in [3.63, 3.8) is 0 Å². The number of nitrogens with one attached hydrogen (secondary N) is 1. The van der Waals surface area contributed by atoms with E-state index in [1.54, 1.807) is 0 Å². The number of halogens is 1. The van der Waals surface area contributed by atoms with Crippen molar-refractivity contribution in [3.05, 3.63) is 56.2 Å². The van der Waals surface area contributed by atoms with Gasteiger partial charge in [-0.1, -0.05) is 29.8 Å². The average molecular weight is 366 g/mol. The smallest absolute Gasteiger partial charge is 0.0285 e. The molecule has 1 unspecified atom stereocenters. The minimum Gasteiger partial charge on any atom is -0.311 e. The lowest BCUT2D eigenvalue weighted by Gasteiger charge is -2.25. The molecule has 114 valence electrons. The Bertz CT molecular complexity index is 583. The molecule has 0 aliphatic carbocycles. The molecule has 0 saturated carbocycles. The maximum absolute atomic E-state index is 3.66. The van der Waals surface area contributed by atoms with Gasteiger partial charge in [-0.25, -0.2) is 0 Å². The summed E-state index contributed by atoms with van der Waals surface area (Å²) in [5.41, 5.74) is 2.91. The lowest BCUT2D eigenvalue weighted by molar-refractivity contribution is 0.405. The van der Waals surface area contributed by atoms with Crippen LogP contribution in [0.3, 0.4) is 0 Å². The average Bonchev–Trinajstić information content (AvgIpc) is 2.79. The molecule has 0 saturated heterocycles. The Morgan fingerprint density at radius 3 is 2.57 bits per heavy atom. The molecule has 0 bridgehead atoms. The van der Waals surface area contributed by atoms with Crippen LogP contribution < -0.4 is 5.32 Å². The van der Waals surface area contributed by atoms with Gasteiger partial charge < -0.3 is 5.32 Å². The molecule has 1 nitrogen and oxygen atoms in total. The zero-order valence-corrected chi connectivity index (χ0v) is 15.6. The molecule has 1 N–H and O–H groups in total. The normalized spacial score (nSPS) is 13.4. The van der Waals surface area contributed by atoms with Crippen molar-refractivity contribution in [3.8, 4) is 0 Å². The van der Waals surface area contributed by atoms with Crippen LogP contribution in [0, 0.1) is 6.92 Å². The van der Waals surface area contributed by atoms with E-state index in [0.717, 1.165) is 13.0 Å². The Labute approximate surface area is 140 Å². The third kappa shape index (κ3) is 5.57. The van der Waals surface area contributed by atoms with Crippen LogP contribution in [0.15, 0.2) is 40.2 Å².